The van der Waals surface area contributed by atoms with Gasteiger partial charge in [-0.1, -0.05) is 42.5 Å². The number of hydrogen-bond acceptors (Lipinski definition) is 5. The molecule has 2 aromatic carbocycles. The van der Waals surface area contributed by atoms with Crippen molar-refractivity contribution in [2.75, 3.05) is 11.9 Å². The van der Waals surface area contributed by atoms with E-state index in [-0.39, 0.29) is 12.3 Å². The predicted octanol–water partition coefficient (Wildman–Crippen LogP) is 2.07. The van der Waals surface area contributed by atoms with Gasteiger partial charge in [0.25, 0.3) is 5.91 Å². The molecule has 0 saturated carbocycles. The minimum atomic E-state index is -1.11. The van der Waals surface area contributed by atoms with Crippen molar-refractivity contribution in [2.24, 2.45) is 5.73 Å². The van der Waals surface area contributed by atoms with E-state index in [1.807, 2.05) is 0 Å². The molecule has 0 radical (unpaired) electrons. The van der Waals surface area contributed by atoms with Gasteiger partial charge in [-0.2, -0.15) is 0 Å². The molecule has 124 valence electrons. The van der Waals surface area contributed by atoms with E-state index in [0.29, 0.717) is 16.8 Å². The Bertz CT molecular complexity index is 744. The van der Waals surface area contributed by atoms with Gasteiger partial charge in [0.05, 0.1) is 12.2 Å². The van der Waals surface area contributed by atoms with Gasteiger partial charge < -0.3 is 15.8 Å². The van der Waals surface area contributed by atoms with Crippen LogP contribution in [-0.2, 0) is 14.3 Å². The van der Waals surface area contributed by atoms with Crippen LogP contribution >= 0.6 is 0 Å². The van der Waals surface area contributed by atoms with Crippen LogP contribution in [0.2, 0.25) is 0 Å². The van der Waals surface area contributed by atoms with Crippen molar-refractivity contribution in [1.29, 1.82) is 0 Å². The smallest absolute Gasteiger partial charge is 0.303 e. The monoisotopic (exact) mass is 326 g/mol. The lowest BCUT2D eigenvalue weighted by atomic mass is 10.1. The second-order valence-electron chi connectivity index (χ2n) is 5.06. The predicted molar refractivity (Wildman–Crippen MR) is 89.4 cm³/mol. The Labute approximate surface area is 139 Å². The van der Waals surface area contributed by atoms with E-state index in [1.165, 1.54) is 6.92 Å². The van der Waals surface area contributed by atoms with Crippen LogP contribution in [0, 0.1) is 0 Å². The number of rotatable bonds is 6. The number of ether oxygens (including phenoxy) is 1. The minimum Gasteiger partial charge on any atom is -0.447 e. The largest absolute Gasteiger partial charge is 0.447 e. The van der Waals surface area contributed by atoms with Crippen LogP contribution in [0.4, 0.5) is 5.69 Å². The zero-order chi connectivity index (χ0) is 17.5. The van der Waals surface area contributed by atoms with Crippen LogP contribution in [0.1, 0.15) is 28.9 Å². The highest BCUT2D eigenvalue weighted by Crippen LogP contribution is 2.22. The number of amides is 1. The standard InChI is InChI=1S/C18H18N2O4/c1-12(21)24-17(13-7-3-2-4-8-13)18(23)20-15-10-6-5-9-14(15)16(22)11-19/h2-10,17H,11,19H2,1H3,(H,20,23). The first kappa shape index (κ1) is 17.4. The number of nitrogens with two attached hydrogens (primary N) is 1. The summed E-state index contributed by atoms with van der Waals surface area (Å²) in [4.78, 5) is 35.8. The van der Waals surface area contributed by atoms with Crippen molar-refractivity contribution in [3.63, 3.8) is 0 Å². The van der Waals surface area contributed by atoms with Crippen LogP contribution < -0.4 is 11.1 Å². The van der Waals surface area contributed by atoms with Gasteiger partial charge in [-0.25, -0.2) is 0 Å². The Balaban J connectivity index is 2.29. The number of benzene rings is 2. The number of para-hydroxylation sites is 1. The van der Waals surface area contributed by atoms with E-state index in [4.69, 9.17) is 10.5 Å². The van der Waals surface area contributed by atoms with Gasteiger partial charge in [-0.15, -0.1) is 0 Å². The summed E-state index contributed by atoms with van der Waals surface area (Å²) < 4.78 is 5.14. The molecule has 24 heavy (non-hydrogen) atoms. The second kappa shape index (κ2) is 8.03. The second-order valence-corrected chi connectivity index (χ2v) is 5.06. The number of ketones is 1. The van der Waals surface area contributed by atoms with Gasteiger partial charge in [-0.05, 0) is 12.1 Å². The molecule has 0 aromatic heterocycles. The molecule has 1 unspecified atom stereocenters. The summed E-state index contributed by atoms with van der Waals surface area (Å²) in [5.41, 5.74) is 6.56. The molecule has 0 saturated heterocycles. The van der Waals surface area contributed by atoms with E-state index in [0.717, 1.165) is 0 Å². The summed E-state index contributed by atoms with van der Waals surface area (Å²) in [5, 5.41) is 2.64. The topological polar surface area (TPSA) is 98.5 Å². The molecule has 0 heterocycles. The molecule has 0 bridgehead atoms. The fourth-order valence-electron chi connectivity index (χ4n) is 2.21. The minimum absolute atomic E-state index is 0.168. The fraction of sp³-hybridized carbons (Fsp3) is 0.167. The van der Waals surface area contributed by atoms with E-state index < -0.39 is 18.0 Å². The van der Waals surface area contributed by atoms with E-state index >= 15 is 0 Å². The number of hydrogen-bond donors (Lipinski definition) is 2. The van der Waals surface area contributed by atoms with Gasteiger partial charge in [0.15, 0.2) is 5.78 Å². The third-order valence-corrected chi connectivity index (χ3v) is 3.30. The van der Waals surface area contributed by atoms with Crippen molar-refractivity contribution in [2.45, 2.75) is 13.0 Å². The van der Waals surface area contributed by atoms with E-state index in [2.05, 4.69) is 5.32 Å². The number of Topliss-reactive ketones (excluding diaryl/α,β-unsaturated/α-hetero) is 1. The lowest BCUT2D eigenvalue weighted by Gasteiger charge is -2.18. The summed E-state index contributed by atoms with van der Waals surface area (Å²) in [6.45, 7) is 1.06. The molecule has 0 aliphatic carbocycles. The van der Waals surface area contributed by atoms with Crippen LogP contribution in [0.5, 0.6) is 0 Å². The average molecular weight is 326 g/mol. The number of carbonyl (C=O) groups excluding carboxylic acids is 3. The molecule has 6 heteroatoms. The van der Waals surface area contributed by atoms with Crippen molar-refractivity contribution >= 4 is 23.3 Å². The molecule has 0 fully saturated rings. The van der Waals surface area contributed by atoms with Crippen LogP contribution in [0.15, 0.2) is 54.6 Å². The molecular weight excluding hydrogens is 308 g/mol. The highest BCUT2D eigenvalue weighted by atomic mass is 16.5. The quantitative estimate of drug-likeness (QED) is 0.625. The molecule has 2 rings (SSSR count). The molecule has 6 nitrogen and oxygen atoms in total. The van der Waals surface area contributed by atoms with Gasteiger partial charge in [0, 0.05) is 18.1 Å². The number of esters is 1. The Kier molecular flexibility index (Phi) is 5.81. The SMILES string of the molecule is CC(=O)OC(C(=O)Nc1ccccc1C(=O)CN)c1ccccc1. The summed E-state index contributed by atoms with van der Waals surface area (Å²) in [6, 6.07) is 15.2. The molecule has 3 N–H and O–H groups in total. The molecule has 2 aromatic rings. The summed E-state index contributed by atoms with van der Waals surface area (Å²) >= 11 is 0. The third kappa shape index (κ3) is 4.27. The van der Waals surface area contributed by atoms with Gasteiger partial charge in [0.1, 0.15) is 0 Å². The zero-order valence-electron chi connectivity index (χ0n) is 13.2. The number of anilines is 1. The Morgan fingerprint density at radius 2 is 1.67 bits per heavy atom. The third-order valence-electron chi connectivity index (χ3n) is 3.30. The van der Waals surface area contributed by atoms with Crippen molar-refractivity contribution < 1.29 is 19.1 Å². The molecule has 0 spiro atoms. The van der Waals surface area contributed by atoms with Crippen molar-refractivity contribution in [3.05, 3.63) is 65.7 Å². The van der Waals surface area contributed by atoms with Gasteiger partial charge in [0.2, 0.25) is 6.10 Å². The Hall–Kier alpha value is -2.99. The van der Waals surface area contributed by atoms with Crippen LogP contribution in [0.25, 0.3) is 0 Å². The highest BCUT2D eigenvalue weighted by molar-refractivity contribution is 6.06. The van der Waals surface area contributed by atoms with Gasteiger partial charge >= 0.3 is 5.97 Å². The molecular formula is C18H18N2O4. The molecule has 0 aliphatic heterocycles. The maximum Gasteiger partial charge on any atom is 0.303 e. The van der Waals surface area contributed by atoms with E-state index in [9.17, 15) is 14.4 Å². The lowest BCUT2D eigenvalue weighted by molar-refractivity contribution is -0.152. The Morgan fingerprint density at radius 3 is 2.29 bits per heavy atom. The van der Waals surface area contributed by atoms with Crippen molar-refractivity contribution in [1.82, 2.24) is 0 Å². The Morgan fingerprint density at radius 1 is 1.04 bits per heavy atom. The first-order chi connectivity index (χ1) is 11.5. The summed E-state index contributed by atoms with van der Waals surface area (Å²) in [5.74, 6) is -1.42. The van der Waals surface area contributed by atoms with Crippen LogP contribution in [0.3, 0.4) is 0 Å². The van der Waals surface area contributed by atoms with E-state index in [1.54, 1.807) is 54.6 Å². The fourth-order valence-corrected chi connectivity index (χ4v) is 2.21. The molecule has 0 aliphatic rings. The maximum absolute atomic E-state index is 12.6. The zero-order valence-corrected chi connectivity index (χ0v) is 13.2. The van der Waals surface area contributed by atoms with Crippen molar-refractivity contribution in [3.8, 4) is 0 Å². The highest BCUT2D eigenvalue weighted by Gasteiger charge is 2.24. The van der Waals surface area contributed by atoms with Gasteiger partial charge in [-0.3, -0.25) is 14.4 Å². The first-order valence-corrected chi connectivity index (χ1v) is 7.38. The van der Waals surface area contributed by atoms with Crippen LogP contribution in [-0.4, -0.2) is 24.2 Å². The first-order valence-electron chi connectivity index (χ1n) is 7.38. The average Bonchev–Trinajstić information content (AvgIpc) is 2.60. The number of nitrogens with one attached hydrogen (secondary N) is 1. The normalized spacial score (nSPS) is 11.4. The lowest BCUT2D eigenvalue weighted by Crippen LogP contribution is -2.26. The molecule has 1 amide bonds. The summed E-state index contributed by atoms with van der Waals surface area (Å²) in [6.07, 6.45) is -1.11. The number of carbonyl (C=O) groups is 3. The summed E-state index contributed by atoms with van der Waals surface area (Å²) in [7, 11) is 0. The molecule has 1 atom stereocenters. The maximum atomic E-state index is 12.6.